The smallest absolute Gasteiger partial charge is 0.265 e. The number of thiophene rings is 1. The first-order valence-electron chi connectivity index (χ1n) is 10.1. The molecule has 1 aliphatic carbocycles. The molecule has 1 saturated carbocycles. The van der Waals surface area contributed by atoms with Gasteiger partial charge >= 0.3 is 0 Å². The van der Waals surface area contributed by atoms with Crippen molar-refractivity contribution in [1.29, 1.82) is 0 Å². The maximum Gasteiger partial charge on any atom is 0.265 e. The highest BCUT2D eigenvalue weighted by Gasteiger charge is 2.29. The fraction of sp³-hybridized carbons (Fsp3) is 0.429. The zero-order valence-corrected chi connectivity index (χ0v) is 19.0. The van der Waals surface area contributed by atoms with E-state index < -0.39 is 10.0 Å². The second kappa shape index (κ2) is 8.13. The van der Waals surface area contributed by atoms with Crippen molar-refractivity contribution in [2.75, 3.05) is 12.4 Å². The molecule has 0 saturated heterocycles. The summed E-state index contributed by atoms with van der Waals surface area (Å²) < 4.78 is 29.2. The summed E-state index contributed by atoms with van der Waals surface area (Å²) in [5.41, 5.74) is 1.45. The predicted molar refractivity (Wildman–Crippen MR) is 120 cm³/mol. The molecule has 1 N–H and O–H groups in total. The lowest BCUT2D eigenvalue weighted by atomic mass is 9.96. The third kappa shape index (κ3) is 3.89. The number of carbonyl (C=O) groups excluding carboxylic acids is 1. The van der Waals surface area contributed by atoms with Crippen molar-refractivity contribution >= 4 is 43.2 Å². The van der Waals surface area contributed by atoms with E-state index in [1.807, 2.05) is 20.0 Å². The van der Waals surface area contributed by atoms with Gasteiger partial charge in [-0.2, -0.15) is 9.40 Å². The summed E-state index contributed by atoms with van der Waals surface area (Å²) in [7, 11) is -0.0182. The summed E-state index contributed by atoms with van der Waals surface area (Å²) in [6.45, 7) is 1.92. The van der Waals surface area contributed by atoms with Crippen molar-refractivity contribution < 1.29 is 13.2 Å². The normalized spacial score (nSPS) is 15.7. The molecule has 1 fully saturated rings. The van der Waals surface area contributed by atoms with Crippen LogP contribution >= 0.6 is 11.3 Å². The average molecular weight is 447 g/mol. The molecule has 0 aliphatic heterocycles. The third-order valence-electron chi connectivity index (χ3n) is 5.80. The Balaban J connectivity index is 1.48. The van der Waals surface area contributed by atoms with Gasteiger partial charge in [-0.1, -0.05) is 19.3 Å². The molecule has 2 heterocycles. The van der Waals surface area contributed by atoms with E-state index in [9.17, 15) is 13.2 Å². The van der Waals surface area contributed by atoms with E-state index in [1.165, 1.54) is 22.1 Å². The SMILES string of the molecule is Cc1nn(C)c2sc(C(=O)Nc3ccc(S(=O)(=O)N(C)C4CCCCC4)cc3)cc12. The fourth-order valence-electron chi connectivity index (χ4n) is 4.03. The molecule has 4 rings (SSSR count). The largest absolute Gasteiger partial charge is 0.321 e. The number of benzene rings is 1. The molecule has 0 spiro atoms. The summed E-state index contributed by atoms with van der Waals surface area (Å²) in [4.78, 5) is 14.4. The van der Waals surface area contributed by atoms with Gasteiger partial charge < -0.3 is 5.32 Å². The number of amides is 1. The number of sulfonamides is 1. The topological polar surface area (TPSA) is 84.3 Å². The molecule has 160 valence electrons. The van der Waals surface area contributed by atoms with Crippen molar-refractivity contribution in [1.82, 2.24) is 14.1 Å². The average Bonchev–Trinajstić information content (AvgIpc) is 3.30. The van der Waals surface area contributed by atoms with E-state index in [1.54, 1.807) is 36.0 Å². The Kier molecular flexibility index (Phi) is 5.69. The summed E-state index contributed by atoms with van der Waals surface area (Å²) >= 11 is 1.39. The molecular weight excluding hydrogens is 420 g/mol. The molecule has 2 aromatic heterocycles. The van der Waals surface area contributed by atoms with Gasteiger partial charge in [0.05, 0.1) is 15.5 Å². The second-order valence-corrected chi connectivity index (χ2v) is 10.9. The van der Waals surface area contributed by atoms with Crippen LogP contribution in [-0.4, -0.2) is 41.5 Å². The monoisotopic (exact) mass is 446 g/mol. The van der Waals surface area contributed by atoms with Crippen LogP contribution in [0.15, 0.2) is 35.2 Å². The lowest BCUT2D eigenvalue weighted by Gasteiger charge is -2.30. The Morgan fingerprint density at radius 1 is 1.20 bits per heavy atom. The number of carbonyl (C=O) groups is 1. The zero-order chi connectivity index (χ0) is 21.5. The van der Waals surface area contributed by atoms with Gasteiger partial charge in [0.15, 0.2) is 0 Å². The summed E-state index contributed by atoms with van der Waals surface area (Å²) in [5, 5.41) is 8.17. The lowest BCUT2D eigenvalue weighted by molar-refractivity contribution is 0.103. The molecule has 0 atom stereocenters. The van der Waals surface area contributed by atoms with Crippen LogP contribution in [0.4, 0.5) is 5.69 Å². The Labute approximate surface area is 180 Å². The molecule has 0 bridgehead atoms. The highest BCUT2D eigenvalue weighted by molar-refractivity contribution is 7.89. The number of hydrogen-bond acceptors (Lipinski definition) is 5. The number of aryl methyl sites for hydroxylation is 2. The van der Waals surface area contributed by atoms with Gasteiger partial charge in [-0.25, -0.2) is 8.42 Å². The first kappa shape index (κ1) is 21.0. The van der Waals surface area contributed by atoms with Crippen LogP contribution in [0.5, 0.6) is 0 Å². The summed E-state index contributed by atoms with van der Waals surface area (Å²) in [6, 6.07) is 8.30. The minimum atomic E-state index is -3.54. The van der Waals surface area contributed by atoms with Crippen molar-refractivity contribution in [2.24, 2.45) is 7.05 Å². The quantitative estimate of drug-likeness (QED) is 0.638. The van der Waals surface area contributed by atoms with Crippen LogP contribution in [0.3, 0.4) is 0 Å². The third-order valence-corrected chi connectivity index (χ3v) is 8.92. The van der Waals surface area contributed by atoms with Gasteiger partial charge in [0.25, 0.3) is 5.91 Å². The summed E-state index contributed by atoms with van der Waals surface area (Å²) in [6.07, 6.45) is 5.14. The Morgan fingerprint density at radius 3 is 2.50 bits per heavy atom. The highest BCUT2D eigenvalue weighted by atomic mass is 32.2. The number of anilines is 1. The number of fused-ring (bicyclic) bond motifs is 1. The highest BCUT2D eigenvalue weighted by Crippen LogP contribution is 2.29. The molecule has 9 heteroatoms. The first-order valence-corrected chi connectivity index (χ1v) is 12.4. The Hall–Kier alpha value is -2.23. The molecular formula is C21H26N4O3S2. The fourth-order valence-corrected chi connectivity index (χ4v) is 6.46. The molecule has 0 unspecified atom stereocenters. The first-order chi connectivity index (χ1) is 14.3. The van der Waals surface area contributed by atoms with E-state index >= 15 is 0 Å². The van der Waals surface area contributed by atoms with Crippen molar-refractivity contribution in [3.8, 4) is 0 Å². The van der Waals surface area contributed by atoms with Gasteiger partial charge in [0, 0.05) is 31.2 Å². The molecule has 1 amide bonds. The maximum absolute atomic E-state index is 13.0. The second-order valence-electron chi connectivity index (χ2n) is 7.83. The van der Waals surface area contributed by atoms with E-state index in [-0.39, 0.29) is 16.8 Å². The number of rotatable bonds is 5. The molecule has 7 nitrogen and oxygen atoms in total. The van der Waals surface area contributed by atoms with Gasteiger partial charge in [-0.3, -0.25) is 9.48 Å². The van der Waals surface area contributed by atoms with Gasteiger partial charge in [0.2, 0.25) is 10.0 Å². The minimum absolute atomic E-state index is 0.0639. The molecule has 1 aromatic carbocycles. The van der Waals surface area contributed by atoms with Crippen molar-refractivity contribution in [3.05, 3.63) is 40.9 Å². The number of hydrogen-bond donors (Lipinski definition) is 1. The van der Waals surface area contributed by atoms with E-state index in [0.29, 0.717) is 10.6 Å². The van der Waals surface area contributed by atoms with Gasteiger partial charge in [-0.15, -0.1) is 11.3 Å². The predicted octanol–water partition coefficient (Wildman–Crippen LogP) is 4.15. The van der Waals surface area contributed by atoms with E-state index in [0.717, 1.165) is 41.6 Å². The number of nitrogens with one attached hydrogen (secondary N) is 1. The molecule has 30 heavy (non-hydrogen) atoms. The minimum Gasteiger partial charge on any atom is -0.321 e. The lowest BCUT2D eigenvalue weighted by Crippen LogP contribution is -2.38. The molecule has 3 aromatic rings. The van der Waals surface area contributed by atoms with Crippen LogP contribution in [0.25, 0.3) is 10.2 Å². The van der Waals surface area contributed by atoms with Crippen LogP contribution in [-0.2, 0) is 17.1 Å². The zero-order valence-electron chi connectivity index (χ0n) is 17.4. The van der Waals surface area contributed by atoms with Crippen molar-refractivity contribution in [3.63, 3.8) is 0 Å². The van der Waals surface area contributed by atoms with Crippen molar-refractivity contribution in [2.45, 2.75) is 50.0 Å². The van der Waals surface area contributed by atoms with Crippen LogP contribution < -0.4 is 5.32 Å². The molecule has 0 radical (unpaired) electrons. The molecule has 1 aliphatic rings. The maximum atomic E-state index is 13.0. The Bertz CT molecular complexity index is 1140. The van der Waals surface area contributed by atoms with Crippen LogP contribution in [0, 0.1) is 6.92 Å². The number of nitrogens with zero attached hydrogens (tertiary/aromatic N) is 3. The van der Waals surface area contributed by atoms with Crippen LogP contribution in [0.1, 0.15) is 47.5 Å². The standard InChI is InChI=1S/C21H26N4O3S2/c1-14-18-13-19(29-21(18)24(2)23-14)20(26)22-15-9-11-17(12-10-15)30(27,28)25(3)16-7-5-4-6-8-16/h9-13,16H,4-8H2,1-3H3,(H,22,26). The Morgan fingerprint density at radius 2 is 1.87 bits per heavy atom. The van der Waals surface area contributed by atoms with E-state index in [4.69, 9.17) is 0 Å². The van der Waals surface area contributed by atoms with Crippen LogP contribution in [0.2, 0.25) is 0 Å². The van der Waals surface area contributed by atoms with E-state index in [2.05, 4.69) is 10.4 Å². The van der Waals surface area contributed by atoms with Gasteiger partial charge in [-0.05, 0) is 50.1 Å². The number of aromatic nitrogens is 2. The summed E-state index contributed by atoms with van der Waals surface area (Å²) in [5.74, 6) is -0.217. The van der Waals surface area contributed by atoms with Gasteiger partial charge in [0.1, 0.15) is 4.83 Å².